The molecule has 0 aromatic heterocycles. The molecule has 1 fully saturated rings. The number of rotatable bonds is 5. The average Bonchev–Trinajstić information content (AvgIpc) is 3.00. The predicted molar refractivity (Wildman–Crippen MR) is 135 cm³/mol. The molecule has 180 valence electrons. The lowest BCUT2D eigenvalue weighted by molar-refractivity contribution is -0.125. The molecule has 0 aliphatic carbocycles. The molecule has 4 rings (SSSR count). The van der Waals surface area contributed by atoms with Crippen LogP contribution in [-0.4, -0.2) is 48.9 Å². The van der Waals surface area contributed by atoms with Crippen LogP contribution in [0.5, 0.6) is 0 Å². The Bertz CT molecular complexity index is 1110. The largest absolute Gasteiger partial charge is 0.376 e. The van der Waals surface area contributed by atoms with Gasteiger partial charge < -0.3 is 5.32 Å². The second-order valence-electron chi connectivity index (χ2n) is 9.86. The van der Waals surface area contributed by atoms with Gasteiger partial charge in [-0.3, -0.25) is 18.8 Å². The number of hydrogen-bond acceptors (Lipinski definition) is 6. The van der Waals surface area contributed by atoms with E-state index in [1.807, 2.05) is 75.4 Å². The molecule has 1 amide bonds. The maximum Gasteiger partial charge on any atom is 0.290 e. The standard InChI is InChI=1S/C26H32N4O3S/c1-26(2,3)30-25(31)23(24(34(30,32)33)21-7-5-4-6-8-21)28-22-13-15-29(16-14-22)18-20-11-9-19(17-27)10-12-20/h4-12,22,28,32-33H,13-16,18H2,1-3H3. The fourth-order valence-corrected chi connectivity index (χ4v) is 6.77. The Morgan fingerprint density at radius 3 is 2.24 bits per heavy atom. The van der Waals surface area contributed by atoms with E-state index in [2.05, 4.69) is 16.3 Å². The third-order valence-corrected chi connectivity index (χ3v) is 8.43. The minimum atomic E-state index is -3.48. The second-order valence-corrected chi connectivity index (χ2v) is 11.7. The summed E-state index contributed by atoms with van der Waals surface area (Å²) in [4.78, 5) is 16.1. The topological polar surface area (TPSA) is 99.8 Å². The van der Waals surface area contributed by atoms with Crippen LogP contribution in [0.3, 0.4) is 0 Å². The van der Waals surface area contributed by atoms with Crippen LogP contribution in [0.1, 0.15) is 50.3 Å². The summed E-state index contributed by atoms with van der Waals surface area (Å²) < 4.78 is 23.7. The zero-order valence-corrected chi connectivity index (χ0v) is 20.7. The number of benzene rings is 2. The molecule has 0 spiro atoms. The molecule has 2 heterocycles. The van der Waals surface area contributed by atoms with Crippen molar-refractivity contribution in [2.24, 2.45) is 0 Å². The van der Waals surface area contributed by atoms with E-state index in [1.165, 1.54) is 9.87 Å². The molecule has 8 heteroatoms. The van der Waals surface area contributed by atoms with Crippen molar-refractivity contribution >= 4 is 21.6 Å². The van der Waals surface area contributed by atoms with E-state index in [0.29, 0.717) is 16.8 Å². The summed E-state index contributed by atoms with van der Waals surface area (Å²) in [5, 5.41) is 12.4. The molecule has 0 atom stereocenters. The summed E-state index contributed by atoms with van der Waals surface area (Å²) in [6, 6.07) is 19.0. The van der Waals surface area contributed by atoms with Gasteiger partial charge in [-0.05, 0) is 51.3 Å². The highest BCUT2D eigenvalue weighted by Gasteiger charge is 2.49. The first-order chi connectivity index (χ1) is 16.1. The summed E-state index contributed by atoms with van der Waals surface area (Å²) in [5.74, 6) is -0.369. The molecule has 2 aromatic carbocycles. The van der Waals surface area contributed by atoms with Gasteiger partial charge >= 0.3 is 0 Å². The number of amides is 1. The normalized spacial score (nSPS) is 20.4. The average molecular weight is 481 g/mol. The molecule has 0 saturated carbocycles. The molecule has 7 nitrogen and oxygen atoms in total. The van der Waals surface area contributed by atoms with Gasteiger partial charge in [-0.2, -0.15) is 5.26 Å². The van der Waals surface area contributed by atoms with Gasteiger partial charge in [0.05, 0.1) is 17.2 Å². The number of piperidine rings is 1. The fraction of sp³-hybridized carbons (Fsp3) is 0.385. The molecular formula is C26H32N4O3S. The summed E-state index contributed by atoms with van der Waals surface area (Å²) in [7, 11) is -3.48. The summed E-state index contributed by atoms with van der Waals surface area (Å²) >= 11 is 0. The number of nitrogens with one attached hydrogen (secondary N) is 1. The first-order valence-electron chi connectivity index (χ1n) is 11.5. The van der Waals surface area contributed by atoms with E-state index in [1.54, 1.807) is 0 Å². The number of likely N-dealkylation sites (tertiary alicyclic amines) is 1. The lowest BCUT2D eigenvalue weighted by Gasteiger charge is -2.45. The van der Waals surface area contributed by atoms with Gasteiger partial charge in [0.15, 0.2) is 0 Å². The zero-order chi connectivity index (χ0) is 24.5. The Morgan fingerprint density at radius 2 is 1.68 bits per heavy atom. The van der Waals surface area contributed by atoms with Crippen molar-refractivity contribution in [3.05, 3.63) is 77.0 Å². The Hall–Kier alpha value is -2.83. The van der Waals surface area contributed by atoms with Crippen molar-refractivity contribution in [1.82, 2.24) is 14.5 Å². The lowest BCUT2D eigenvalue weighted by atomic mass is 10.0. The molecular weight excluding hydrogens is 448 g/mol. The highest BCUT2D eigenvalue weighted by atomic mass is 32.3. The van der Waals surface area contributed by atoms with E-state index in [9.17, 15) is 13.9 Å². The van der Waals surface area contributed by atoms with Crippen molar-refractivity contribution in [2.45, 2.75) is 51.7 Å². The lowest BCUT2D eigenvalue weighted by Crippen LogP contribution is -2.47. The molecule has 2 aliphatic heterocycles. The Kier molecular flexibility index (Phi) is 6.74. The maximum absolute atomic E-state index is 13.5. The molecule has 1 saturated heterocycles. The number of nitrogens with zero attached hydrogens (tertiary/aromatic N) is 3. The molecule has 0 bridgehead atoms. The molecule has 0 radical (unpaired) electrons. The highest BCUT2D eigenvalue weighted by Crippen LogP contribution is 2.64. The van der Waals surface area contributed by atoms with E-state index < -0.39 is 16.3 Å². The van der Waals surface area contributed by atoms with Crippen LogP contribution in [0.2, 0.25) is 0 Å². The minimum Gasteiger partial charge on any atom is -0.376 e. The van der Waals surface area contributed by atoms with Crippen LogP contribution in [-0.2, 0) is 11.3 Å². The van der Waals surface area contributed by atoms with E-state index in [0.717, 1.165) is 32.5 Å². The van der Waals surface area contributed by atoms with Crippen molar-refractivity contribution in [3.63, 3.8) is 0 Å². The van der Waals surface area contributed by atoms with Gasteiger partial charge in [0.25, 0.3) is 5.91 Å². The van der Waals surface area contributed by atoms with Crippen LogP contribution in [0.25, 0.3) is 4.91 Å². The number of nitriles is 1. The maximum atomic E-state index is 13.5. The van der Waals surface area contributed by atoms with Crippen LogP contribution < -0.4 is 5.32 Å². The quantitative estimate of drug-likeness (QED) is 0.569. The number of carbonyl (C=O) groups excluding carboxylic acids is 1. The van der Waals surface area contributed by atoms with Gasteiger partial charge in [0.1, 0.15) is 10.6 Å². The second kappa shape index (κ2) is 9.43. The smallest absolute Gasteiger partial charge is 0.290 e. The summed E-state index contributed by atoms with van der Waals surface area (Å²) in [6.45, 7) is 7.97. The first kappa shape index (κ1) is 24.3. The SMILES string of the molecule is CC(C)(C)N1C(=O)C(NC2CCN(Cc3ccc(C#N)cc3)CC2)=C(c2ccccc2)S1(O)O. The van der Waals surface area contributed by atoms with E-state index >= 15 is 0 Å². The molecule has 3 N–H and O–H groups in total. The van der Waals surface area contributed by atoms with Crippen molar-refractivity contribution in [2.75, 3.05) is 13.1 Å². The van der Waals surface area contributed by atoms with E-state index in [4.69, 9.17) is 5.26 Å². The molecule has 0 unspecified atom stereocenters. The Labute approximate surface area is 203 Å². The Balaban J connectivity index is 1.51. The molecule has 2 aliphatic rings. The third kappa shape index (κ3) is 4.84. The van der Waals surface area contributed by atoms with Crippen molar-refractivity contribution in [1.29, 1.82) is 5.26 Å². The monoisotopic (exact) mass is 480 g/mol. The van der Waals surface area contributed by atoms with Gasteiger partial charge in [0.2, 0.25) is 0 Å². The van der Waals surface area contributed by atoms with Gasteiger partial charge in [-0.15, -0.1) is 0 Å². The van der Waals surface area contributed by atoms with Crippen molar-refractivity contribution in [3.8, 4) is 6.07 Å². The summed E-state index contributed by atoms with van der Waals surface area (Å²) in [5.41, 5.74) is 2.02. The van der Waals surface area contributed by atoms with Gasteiger partial charge in [-0.25, -0.2) is 4.31 Å². The molecule has 2 aromatic rings. The van der Waals surface area contributed by atoms with E-state index in [-0.39, 0.29) is 16.9 Å². The van der Waals surface area contributed by atoms with Crippen molar-refractivity contribution < 1.29 is 13.9 Å². The molecule has 34 heavy (non-hydrogen) atoms. The number of hydrogen-bond donors (Lipinski definition) is 3. The van der Waals surface area contributed by atoms with Crippen LogP contribution in [0, 0.1) is 11.3 Å². The zero-order valence-electron chi connectivity index (χ0n) is 19.9. The summed E-state index contributed by atoms with van der Waals surface area (Å²) in [6.07, 6.45) is 1.67. The third-order valence-electron chi connectivity index (χ3n) is 6.22. The number of carbonyl (C=O) groups is 1. The Morgan fingerprint density at radius 1 is 1.06 bits per heavy atom. The van der Waals surface area contributed by atoms with Crippen LogP contribution in [0.4, 0.5) is 0 Å². The minimum absolute atomic E-state index is 0.0602. The van der Waals surface area contributed by atoms with Gasteiger partial charge in [0, 0.05) is 31.2 Å². The van der Waals surface area contributed by atoms with Crippen LogP contribution >= 0.6 is 10.8 Å². The first-order valence-corrected chi connectivity index (χ1v) is 13.0. The van der Waals surface area contributed by atoms with Gasteiger partial charge in [-0.1, -0.05) is 53.2 Å². The highest BCUT2D eigenvalue weighted by molar-refractivity contribution is 8.31. The fourth-order valence-electron chi connectivity index (χ4n) is 4.63. The van der Waals surface area contributed by atoms with Crippen LogP contribution in [0.15, 0.2) is 60.3 Å². The predicted octanol–water partition coefficient (Wildman–Crippen LogP) is 4.79.